The van der Waals surface area contributed by atoms with Crippen molar-refractivity contribution in [3.63, 3.8) is 0 Å². The molecule has 86 valence electrons. The van der Waals surface area contributed by atoms with Crippen LogP contribution in [0.3, 0.4) is 0 Å². The van der Waals surface area contributed by atoms with Crippen LogP contribution in [0, 0.1) is 10.1 Å². The molecule has 1 heterocycles. The van der Waals surface area contributed by atoms with E-state index in [2.05, 4.69) is 31.9 Å². The molecule has 0 aliphatic carbocycles. The summed E-state index contributed by atoms with van der Waals surface area (Å²) in [6.07, 6.45) is 0. The first-order valence-electron chi connectivity index (χ1n) is 4.08. The Morgan fingerprint density at radius 3 is 2.25 bits per heavy atom. The molecular formula is C8H4Br2ClNO4. The van der Waals surface area contributed by atoms with Gasteiger partial charge < -0.3 is 9.47 Å². The highest BCUT2D eigenvalue weighted by atomic mass is 79.9. The lowest BCUT2D eigenvalue weighted by molar-refractivity contribution is -0.384. The lowest BCUT2D eigenvalue weighted by Gasteiger charge is -2.27. The number of hydrogen-bond acceptors (Lipinski definition) is 4. The van der Waals surface area contributed by atoms with E-state index in [9.17, 15) is 10.1 Å². The van der Waals surface area contributed by atoms with Crippen molar-refractivity contribution in [2.75, 3.05) is 0 Å². The molecule has 0 radical (unpaired) electrons. The fourth-order valence-electron chi connectivity index (χ4n) is 1.20. The second-order valence-corrected chi connectivity index (χ2v) is 5.16. The van der Waals surface area contributed by atoms with E-state index in [1.54, 1.807) is 0 Å². The van der Waals surface area contributed by atoms with Gasteiger partial charge in [-0.2, -0.15) is 0 Å². The van der Waals surface area contributed by atoms with Crippen molar-refractivity contribution >= 4 is 49.1 Å². The van der Waals surface area contributed by atoms with E-state index in [1.807, 2.05) is 0 Å². The molecule has 8 heteroatoms. The van der Waals surface area contributed by atoms with Crippen molar-refractivity contribution < 1.29 is 14.4 Å². The van der Waals surface area contributed by atoms with Gasteiger partial charge in [-0.25, -0.2) is 0 Å². The first kappa shape index (κ1) is 11.9. The third-order valence-electron chi connectivity index (χ3n) is 1.90. The first-order valence-corrected chi connectivity index (χ1v) is 6.29. The fraction of sp³-hybridized carbons (Fsp3) is 0.250. The molecule has 0 spiro atoms. The molecule has 1 aliphatic rings. The summed E-state index contributed by atoms with van der Waals surface area (Å²) in [5.41, 5.74) is -0.211. The highest BCUT2D eigenvalue weighted by molar-refractivity contribution is 9.12. The minimum Gasteiger partial charge on any atom is -0.470 e. The van der Waals surface area contributed by atoms with Gasteiger partial charge in [0.25, 0.3) is 5.69 Å². The van der Waals surface area contributed by atoms with Gasteiger partial charge in [0.15, 0.2) is 21.5 Å². The Balaban J connectivity index is 2.46. The fourth-order valence-corrected chi connectivity index (χ4v) is 2.04. The Morgan fingerprint density at radius 2 is 1.75 bits per heavy atom. The molecule has 0 saturated carbocycles. The third-order valence-corrected chi connectivity index (χ3v) is 4.24. The molecule has 1 aromatic carbocycles. The van der Waals surface area contributed by atoms with Gasteiger partial charge in [-0.1, -0.05) is 11.6 Å². The smallest absolute Gasteiger partial charge is 0.291 e. The molecule has 0 saturated heterocycles. The minimum absolute atomic E-state index is 0.0140. The maximum Gasteiger partial charge on any atom is 0.291 e. The summed E-state index contributed by atoms with van der Waals surface area (Å²) in [5, 5.41) is 9.88. The van der Waals surface area contributed by atoms with Crippen LogP contribution in [0.25, 0.3) is 0 Å². The van der Waals surface area contributed by atoms with E-state index in [-0.39, 0.29) is 21.5 Å². The number of rotatable bonds is 1. The molecule has 2 atom stereocenters. The normalized spacial score (nSPS) is 22.9. The van der Waals surface area contributed by atoms with Crippen LogP contribution >= 0.6 is 43.5 Å². The zero-order chi connectivity index (χ0) is 11.9. The minimum atomic E-state index is -0.574. The predicted molar refractivity (Wildman–Crippen MR) is 64.8 cm³/mol. The number of halogens is 3. The van der Waals surface area contributed by atoms with Crippen LogP contribution in [-0.4, -0.2) is 14.9 Å². The number of ether oxygens (including phenoxy) is 2. The lowest BCUT2D eigenvalue weighted by Crippen LogP contribution is -2.30. The number of benzene rings is 1. The number of nitrogens with zero attached hydrogens (tertiary/aromatic N) is 1. The van der Waals surface area contributed by atoms with Crippen LogP contribution in [0.1, 0.15) is 0 Å². The van der Waals surface area contributed by atoms with Gasteiger partial charge in [-0.05, 0) is 31.9 Å². The van der Waals surface area contributed by atoms with E-state index >= 15 is 0 Å². The Morgan fingerprint density at radius 1 is 1.25 bits per heavy atom. The Hall–Kier alpha value is -0.530. The molecule has 0 N–H and O–H groups in total. The van der Waals surface area contributed by atoms with Crippen molar-refractivity contribution in [2.24, 2.45) is 0 Å². The van der Waals surface area contributed by atoms with Crippen molar-refractivity contribution in [2.45, 2.75) is 10.0 Å². The Bertz CT molecular complexity index is 456. The second kappa shape index (κ2) is 4.38. The number of nitro benzene ring substituents is 1. The first-order chi connectivity index (χ1) is 7.49. The zero-order valence-electron chi connectivity index (χ0n) is 7.52. The summed E-state index contributed by atoms with van der Waals surface area (Å²) in [7, 11) is 0. The molecular weight excluding hydrogens is 369 g/mol. The lowest BCUT2D eigenvalue weighted by atomic mass is 10.2. The second-order valence-electron chi connectivity index (χ2n) is 2.95. The Kier molecular flexibility index (Phi) is 3.27. The average Bonchev–Trinajstić information content (AvgIpc) is 2.19. The standard InChI is InChI=1S/C8H4Br2ClNO4/c9-7-8(10)16-6-2-4(12(13)14)3(11)1-5(6)15-7/h1-2,7-8H. The van der Waals surface area contributed by atoms with Crippen LogP contribution in [-0.2, 0) is 0 Å². The molecule has 1 aliphatic heterocycles. The summed E-state index contributed by atoms with van der Waals surface area (Å²) in [5.74, 6) is 0.654. The van der Waals surface area contributed by atoms with Gasteiger partial charge in [-0.15, -0.1) is 0 Å². The van der Waals surface area contributed by atoms with Gasteiger partial charge in [0, 0.05) is 6.07 Å². The molecule has 2 rings (SSSR count). The number of nitro groups is 1. The molecule has 0 fully saturated rings. The average molecular weight is 373 g/mol. The van der Waals surface area contributed by atoms with Gasteiger partial charge in [-0.3, -0.25) is 10.1 Å². The van der Waals surface area contributed by atoms with Crippen LogP contribution in [0.2, 0.25) is 5.02 Å². The van der Waals surface area contributed by atoms with Crippen molar-refractivity contribution in [1.29, 1.82) is 0 Å². The molecule has 16 heavy (non-hydrogen) atoms. The summed E-state index contributed by atoms with van der Waals surface area (Å²) < 4.78 is 10.8. The monoisotopic (exact) mass is 371 g/mol. The maximum absolute atomic E-state index is 10.7. The summed E-state index contributed by atoms with van der Waals surface area (Å²) in [4.78, 5) is 10.1. The van der Waals surface area contributed by atoms with Gasteiger partial charge in [0.05, 0.1) is 11.0 Å². The quantitative estimate of drug-likeness (QED) is 0.430. The van der Waals surface area contributed by atoms with Gasteiger partial charge >= 0.3 is 0 Å². The van der Waals surface area contributed by atoms with E-state index in [0.29, 0.717) is 5.75 Å². The third kappa shape index (κ3) is 2.11. The largest absolute Gasteiger partial charge is 0.470 e. The molecule has 0 amide bonds. The van der Waals surface area contributed by atoms with E-state index in [0.717, 1.165) is 0 Å². The molecule has 0 aromatic heterocycles. The topological polar surface area (TPSA) is 61.6 Å². The number of hydrogen-bond donors (Lipinski definition) is 0. The highest BCUT2D eigenvalue weighted by Crippen LogP contribution is 2.42. The van der Waals surface area contributed by atoms with Crippen LogP contribution in [0.4, 0.5) is 5.69 Å². The summed E-state index contributed by atoms with van der Waals surface area (Å²) in [6, 6.07) is 2.60. The van der Waals surface area contributed by atoms with E-state index in [4.69, 9.17) is 21.1 Å². The molecule has 0 bridgehead atoms. The van der Waals surface area contributed by atoms with Crippen molar-refractivity contribution in [3.05, 3.63) is 27.3 Å². The Labute approximate surface area is 112 Å². The van der Waals surface area contributed by atoms with Crippen molar-refractivity contribution in [1.82, 2.24) is 0 Å². The SMILES string of the molecule is O=[N+]([O-])c1cc2c(cc1Cl)OC(Br)C(Br)O2. The molecule has 5 nitrogen and oxygen atoms in total. The predicted octanol–water partition coefficient (Wildman–Crippen LogP) is 3.46. The van der Waals surface area contributed by atoms with Crippen LogP contribution in [0.15, 0.2) is 12.1 Å². The summed E-state index contributed by atoms with van der Waals surface area (Å²) in [6.45, 7) is 0. The van der Waals surface area contributed by atoms with E-state index in [1.165, 1.54) is 12.1 Å². The maximum atomic E-state index is 10.7. The van der Waals surface area contributed by atoms with Gasteiger partial charge in [0.1, 0.15) is 5.02 Å². The molecule has 2 unspecified atom stereocenters. The zero-order valence-corrected chi connectivity index (χ0v) is 11.5. The number of alkyl halides is 2. The van der Waals surface area contributed by atoms with Crippen molar-refractivity contribution in [3.8, 4) is 11.5 Å². The van der Waals surface area contributed by atoms with E-state index < -0.39 is 9.94 Å². The van der Waals surface area contributed by atoms with Crippen LogP contribution < -0.4 is 9.47 Å². The highest BCUT2D eigenvalue weighted by Gasteiger charge is 2.30. The van der Waals surface area contributed by atoms with Crippen LogP contribution in [0.5, 0.6) is 11.5 Å². The van der Waals surface area contributed by atoms with Gasteiger partial charge in [0.2, 0.25) is 0 Å². The molecule has 1 aromatic rings. The summed E-state index contributed by atoms with van der Waals surface area (Å²) >= 11 is 12.2. The number of fused-ring (bicyclic) bond motifs is 1.